The summed E-state index contributed by atoms with van der Waals surface area (Å²) in [4.78, 5) is 20.6. The molecule has 2 aromatic rings. The number of aromatic nitrogens is 4. The Bertz CT molecular complexity index is 661. The Morgan fingerprint density at radius 3 is 2.62 bits per heavy atom. The average molecular weight is 290 g/mol. The van der Waals surface area contributed by atoms with Gasteiger partial charge in [-0.15, -0.1) is 0 Å². The van der Waals surface area contributed by atoms with Gasteiger partial charge in [0.1, 0.15) is 16.9 Å². The molecule has 0 aliphatic rings. The quantitative estimate of drug-likeness (QED) is 0.869. The third kappa shape index (κ3) is 3.29. The number of amides is 1. The number of anilines is 1. The Morgan fingerprint density at radius 1 is 1.29 bits per heavy atom. The summed E-state index contributed by atoms with van der Waals surface area (Å²) < 4.78 is 1.85. The molecule has 0 atom stereocenters. The molecule has 0 bridgehead atoms. The van der Waals surface area contributed by atoms with Crippen LogP contribution >= 0.6 is 0 Å². The molecule has 0 saturated carbocycles. The smallest absolute Gasteiger partial charge is 0.239 e. The van der Waals surface area contributed by atoms with Crippen LogP contribution in [-0.4, -0.2) is 38.2 Å². The lowest BCUT2D eigenvalue weighted by Gasteiger charge is -2.11. The minimum atomic E-state index is -0.0614. The molecule has 0 saturated heterocycles. The SMILES string of the molecule is CCn1nc(C)c2nc(C)nc(NCC(=O)NC(C)C)c21. The van der Waals surface area contributed by atoms with Crippen LogP contribution in [0.2, 0.25) is 0 Å². The molecule has 2 rings (SSSR count). The summed E-state index contributed by atoms with van der Waals surface area (Å²) in [7, 11) is 0. The van der Waals surface area contributed by atoms with Crippen LogP contribution in [0, 0.1) is 13.8 Å². The Labute approximate surface area is 124 Å². The second-order valence-corrected chi connectivity index (χ2v) is 5.29. The maximum Gasteiger partial charge on any atom is 0.239 e. The Hall–Kier alpha value is -2.18. The lowest BCUT2D eigenvalue weighted by Crippen LogP contribution is -2.35. The largest absolute Gasteiger partial charge is 0.359 e. The monoisotopic (exact) mass is 290 g/mol. The van der Waals surface area contributed by atoms with Crippen LogP contribution in [-0.2, 0) is 11.3 Å². The Kier molecular flexibility index (Phi) is 4.40. The van der Waals surface area contributed by atoms with Crippen molar-refractivity contribution in [3.05, 3.63) is 11.5 Å². The number of fused-ring (bicyclic) bond motifs is 1. The van der Waals surface area contributed by atoms with Gasteiger partial charge in [0.2, 0.25) is 5.91 Å². The molecule has 2 heterocycles. The summed E-state index contributed by atoms with van der Waals surface area (Å²) in [6.07, 6.45) is 0. The van der Waals surface area contributed by atoms with E-state index in [0.29, 0.717) is 11.6 Å². The number of hydrogen-bond acceptors (Lipinski definition) is 5. The second-order valence-electron chi connectivity index (χ2n) is 5.29. The van der Waals surface area contributed by atoms with E-state index < -0.39 is 0 Å². The van der Waals surface area contributed by atoms with Crippen LogP contribution in [0.4, 0.5) is 5.82 Å². The summed E-state index contributed by atoms with van der Waals surface area (Å²) >= 11 is 0. The Morgan fingerprint density at radius 2 is 2.00 bits per heavy atom. The number of hydrogen-bond donors (Lipinski definition) is 2. The minimum absolute atomic E-state index is 0.0614. The van der Waals surface area contributed by atoms with Gasteiger partial charge in [-0.1, -0.05) is 0 Å². The van der Waals surface area contributed by atoms with E-state index in [4.69, 9.17) is 0 Å². The van der Waals surface area contributed by atoms with E-state index in [-0.39, 0.29) is 18.5 Å². The first-order chi connectivity index (χ1) is 9.92. The van der Waals surface area contributed by atoms with Crippen LogP contribution < -0.4 is 10.6 Å². The third-order valence-electron chi connectivity index (χ3n) is 3.03. The van der Waals surface area contributed by atoms with Gasteiger partial charge in [0.15, 0.2) is 5.82 Å². The fraction of sp³-hybridized carbons (Fsp3) is 0.571. The van der Waals surface area contributed by atoms with Gasteiger partial charge < -0.3 is 10.6 Å². The molecular weight excluding hydrogens is 268 g/mol. The van der Waals surface area contributed by atoms with Crippen LogP contribution in [0.15, 0.2) is 0 Å². The molecule has 0 aliphatic heterocycles. The minimum Gasteiger partial charge on any atom is -0.359 e. The lowest BCUT2D eigenvalue weighted by atomic mass is 10.3. The number of aryl methyl sites for hydroxylation is 3. The molecule has 2 N–H and O–H groups in total. The highest BCUT2D eigenvalue weighted by atomic mass is 16.1. The van der Waals surface area contributed by atoms with Gasteiger partial charge in [0.05, 0.1) is 12.2 Å². The maximum atomic E-state index is 11.8. The van der Waals surface area contributed by atoms with Gasteiger partial charge in [0.25, 0.3) is 0 Å². The first-order valence-electron chi connectivity index (χ1n) is 7.17. The number of rotatable bonds is 5. The van der Waals surface area contributed by atoms with Gasteiger partial charge in [-0.25, -0.2) is 9.97 Å². The summed E-state index contributed by atoms with van der Waals surface area (Å²) in [5, 5.41) is 10.4. The van der Waals surface area contributed by atoms with Gasteiger partial charge in [0, 0.05) is 12.6 Å². The molecule has 0 unspecified atom stereocenters. The molecule has 0 aromatic carbocycles. The number of nitrogens with zero attached hydrogens (tertiary/aromatic N) is 4. The standard InChI is InChI=1S/C14H22N6O/c1-6-20-13-12(9(4)19-20)17-10(5)18-14(13)15-7-11(21)16-8(2)3/h8H,6-7H2,1-5H3,(H,16,21)(H,15,17,18). The maximum absolute atomic E-state index is 11.8. The van der Waals surface area contributed by atoms with Crippen molar-refractivity contribution in [2.45, 2.75) is 47.2 Å². The molecule has 21 heavy (non-hydrogen) atoms. The van der Waals surface area contributed by atoms with Gasteiger partial charge >= 0.3 is 0 Å². The van der Waals surface area contributed by atoms with Crippen LogP contribution in [0.1, 0.15) is 32.3 Å². The summed E-state index contributed by atoms with van der Waals surface area (Å²) in [6.45, 7) is 10.5. The van der Waals surface area contributed by atoms with Gasteiger partial charge in [-0.3, -0.25) is 9.48 Å². The van der Waals surface area contributed by atoms with Crippen LogP contribution in [0.3, 0.4) is 0 Å². The average Bonchev–Trinajstić information content (AvgIpc) is 2.72. The fourth-order valence-electron chi connectivity index (χ4n) is 2.23. The molecule has 7 nitrogen and oxygen atoms in total. The normalized spacial score (nSPS) is 11.1. The highest BCUT2D eigenvalue weighted by Crippen LogP contribution is 2.22. The van der Waals surface area contributed by atoms with E-state index in [9.17, 15) is 4.79 Å². The summed E-state index contributed by atoms with van der Waals surface area (Å²) in [5.41, 5.74) is 2.54. The van der Waals surface area contributed by atoms with E-state index >= 15 is 0 Å². The Balaban J connectivity index is 2.32. The van der Waals surface area contributed by atoms with E-state index in [1.165, 1.54) is 0 Å². The molecular formula is C14H22N6O. The van der Waals surface area contributed by atoms with Crippen molar-refractivity contribution < 1.29 is 4.79 Å². The van der Waals surface area contributed by atoms with E-state index in [0.717, 1.165) is 23.3 Å². The topological polar surface area (TPSA) is 84.7 Å². The van der Waals surface area contributed by atoms with Crippen molar-refractivity contribution in [2.24, 2.45) is 0 Å². The zero-order chi connectivity index (χ0) is 15.6. The van der Waals surface area contributed by atoms with Crippen LogP contribution in [0.5, 0.6) is 0 Å². The molecule has 1 amide bonds. The molecule has 0 aliphatic carbocycles. The van der Waals surface area contributed by atoms with Crippen molar-refractivity contribution in [1.29, 1.82) is 0 Å². The first-order valence-corrected chi connectivity index (χ1v) is 7.17. The van der Waals surface area contributed by atoms with Crippen molar-refractivity contribution in [3.8, 4) is 0 Å². The predicted molar refractivity (Wildman–Crippen MR) is 82.2 cm³/mol. The molecule has 0 spiro atoms. The van der Waals surface area contributed by atoms with E-state index in [1.807, 2.05) is 39.3 Å². The number of carbonyl (C=O) groups excluding carboxylic acids is 1. The second kappa shape index (κ2) is 6.07. The van der Waals surface area contributed by atoms with Crippen molar-refractivity contribution in [2.75, 3.05) is 11.9 Å². The van der Waals surface area contributed by atoms with Crippen molar-refractivity contribution >= 4 is 22.8 Å². The van der Waals surface area contributed by atoms with Crippen molar-refractivity contribution in [3.63, 3.8) is 0 Å². The van der Waals surface area contributed by atoms with E-state index in [1.54, 1.807) is 0 Å². The zero-order valence-electron chi connectivity index (χ0n) is 13.2. The summed E-state index contributed by atoms with van der Waals surface area (Å²) in [6, 6.07) is 0.120. The van der Waals surface area contributed by atoms with Crippen LogP contribution in [0.25, 0.3) is 11.0 Å². The molecule has 0 fully saturated rings. The zero-order valence-corrected chi connectivity index (χ0v) is 13.2. The van der Waals surface area contributed by atoms with Crippen molar-refractivity contribution in [1.82, 2.24) is 25.1 Å². The third-order valence-corrected chi connectivity index (χ3v) is 3.03. The number of carbonyl (C=O) groups is 1. The molecule has 0 radical (unpaired) electrons. The fourth-order valence-corrected chi connectivity index (χ4v) is 2.23. The lowest BCUT2D eigenvalue weighted by molar-refractivity contribution is -0.119. The first kappa shape index (κ1) is 15.2. The molecule has 2 aromatic heterocycles. The molecule has 7 heteroatoms. The number of nitrogens with one attached hydrogen (secondary N) is 2. The van der Waals surface area contributed by atoms with Gasteiger partial charge in [-0.05, 0) is 34.6 Å². The molecule has 114 valence electrons. The highest BCUT2D eigenvalue weighted by Gasteiger charge is 2.15. The van der Waals surface area contributed by atoms with E-state index in [2.05, 4.69) is 25.7 Å². The van der Waals surface area contributed by atoms with Gasteiger partial charge in [-0.2, -0.15) is 5.10 Å². The highest BCUT2D eigenvalue weighted by molar-refractivity contribution is 5.89. The predicted octanol–water partition coefficient (Wildman–Crippen LogP) is 1.40. The summed E-state index contributed by atoms with van der Waals surface area (Å²) in [5.74, 6) is 1.25.